The van der Waals surface area contributed by atoms with E-state index in [1.165, 1.54) is 23.6 Å². The molecule has 0 atom stereocenters. The number of para-hydroxylation sites is 1. The second-order valence-corrected chi connectivity index (χ2v) is 6.41. The summed E-state index contributed by atoms with van der Waals surface area (Å²) in [7, 11) is 0. The van der Waals surface area contributed by atoms with Crippen molar-refractivity contribution in [1.29, 1.82) is 0 Å². The molecule has 26 heavy (non-hydrogen) atoms. The monoisotopic (exact) mass is 368 g/mol. The van der Waals surface area contributed by atoms with E-state index < -0.39 is 11.5 Å². The van der Waals surface area contributed by atoms with Gasteiger partial charge in [0.1, 0.15) is 5.56 Å². The highest BCUT2D eigenvalue weighted by atomic mass is 32.1. The second-order valence-electron chi connectivity index (χ2n) is 5.55. The van der Waals surface area contributed by atoms with Gasteiger partial charge in [-0.15, -0.1) is 11.3 Å². The average molecular weight is 368 g/mol. The maximum Gasteiger partial charge on any atom is 0.263 e. The highest BCUT2D eigenvalue weighted by molar-refractivity contribution is 7.14. The maximum absolute atomic E-state index is 12.2. The molecule has 8 heteroatoms. The number of amides is 2. The summed E-state index contributed by atoms with van der Waals surface area (Å²) in [4.78, 5) is 42.5. The number of carbonyl (C=O) groups excluding carboxylic acids is 2. The number of hydrogen-bond acceptors (Lipinski definition) is 5. The molecule has 0 saturated carbocycles. The molecule has 0 aliphatic rings. The van der Waals surface area contributed by atoms with E-state index in [4.69, 9.17) is 0 Å². The number of aryl methyl sites for hydroxylation is 1. The molecule has 3 N–H and O–H groups in total. The summed E-state index contributed by atoms with van der Waals surface area (Å²) in [5.74, 6) is -0.737. The molecule has 0 aliphatic carbocycles. The van der Waals surface area contributed by atoms with Crippen LogP contribution in [0, 0.1) is 6.92 Å². The van der Waals surface area contributed by atoms with Gasteiger partial charge in [-0.2, -0.15) is 0 Å². The fraction of sp³-hybridized carbons (Fsp3) is 0.111. The van der Waals surface area contributed by atoms with E-state index in [1.54, 1.807) is 11.4 Å². The van der Waals surface area contributed by atoms with Gasteiger partial charge in [-0.3, -0.25) is 19.7 Å². The molecular weight excluding hydrogens is 352 g/mol. The number of aromatic amines is 1. The van der Waals surface area contributed by atoms with Crippen molar-refractivity contribution in [2.75, 3.05) is 10.6 Å². The summed E-state index contributed by atoms with van der Waals surface area (Å²) >= 11 is 1.19. The quantitative estimate of drug-likeness (QED) is 0.644. The summed E-state index contributed by atoms with van der Waals surface area (Å²) < 4.78 is 0. The van der Waals surface area contributed by atoms with Gasteiger partial charge in [-0.25, -0.2) is 4.98 Å². The number of benzene rings is 1. The zero-order chi connectivity index (χ0) is 18.5. The molecule has 0 bridgehead atoms. The van der Waals surface area contributed by atoms with Gasteiger partial charge in [0.2, 0.25) is 5.91 Å². The number of carbonyl (C=O) groups is 2. The lowest BCUT2D eigenvalue weighted by Gasteiger charge is -2.06. The Kier molecular flexibility index (Phi) is 5.23. The molecule has 2 amide bonds. The number of hydrogen-bond donors (Lipinski definition) is 3. The van der Waals surface area contributed by atoms with Crippen LogP contribution in [0.2, 0.25) is 0 Å². The Morgan fingerprint density at radius 3 is 2.73 bits per heavy atom. The number of nitrogens with zero attached hydrogens (tertiary/aromatic N) is 1. The summed E-state index contributed by atoms with van der Waals surface area (Å²) in [6, 6.07) is 10.5. The first-order valence-electron chi connectivity index (χ1n) is 7.82. The van der Waals surface area contributed by atoms with Crippen molar-refractivity contribution in [3.63, 3.8) is 0 Å². The number of anilines is 2. The predicted octanol–water partition coefficient (Wildman–Crippen LogP) is 2.57. The van der Waals surface area contributed by atoms with E-state index in [1.807, 2.05) is 31.2 Å². The third-order valence-corrected chi connectivity index (χ3v) is 4.40. The van der Waals surface area contributed by atoms with Crippen LogP contribution in [0.5, 0.6) is 0 Å². The van der Waals surface area contributed by atoms with Crippen LogP contribution in [-0.4, -0.2) is 21.8 Å². The van der Waals surface area contributed by atoms with E-state index in [0.717, 1.165) is 11.3 Å². The fourth-order valence-electron chi connectivity index (χ4n) is 2.28. The Morgan fingerprint density at radius 2 is 1.96 bits per heavy atom. The van der Waals surface area contributed by atoms with E-state index in [9.17, 15) is 14.4 Å². The molecule has 1 aromatic carbocycles. The van der Waals surface area contributed by atoms with Crippen LogP contribution in [0.25, 0.3) is 0 Å². The fourth-order valence-corrected chi connectivity index (χ4v) is 2.99. The smallest absolute Gasteiger partial charge is 0.263 e. The van der Waals surface area contributed by atoms with Crippen molar-refractivity contribution in [1.82, 2.24) is 9.97 Å². The number of thiazole rings is 1. The van der Waals surface area contributed by atoms with Gasteiger partial charge in [-0.05, 0) is 30.7 Å². The predicted molar refractivity (Wildman–Crippen MR) is 101 cm³/mol. The number of aromatic nitrogens is 2. The third-order valence-electron chi connectivity index (χ3n) is 3.60. The number of pyridine rings is 1. The SMILES string of the molecule is Cc1ccccc1NC(=O)Cc1csc(NC(=O)c2ccc[nH]c2=O)n1. The van der Waals surface area contributed by atoms with Gasteiger partial charge in [0.25, 0.3) is 11.5 Å². The average Bonchev–Trinajstić information content (AvgIpc) is 3.04. The van der Waals surface area contributed by atoms with E-state index in [2.05, 4.69) is 20.6 Å². The molecule has 132 valence electrons. The molecule has 0 spiro atoms. The molecule has 3 aromatic rings. The largest absolute Gasteiger partial charge is 0.328 e. The minimum absolute atomic E-state index is 0.00143. The zero-order valence-corrected chi connectivity index (χ0v) is 14.7. The van der Waals surface area contributed by atoms with Crippen molar-refractivity contribution in [3.8, 4) is 0 Å². The van der Waals surface area contributed by atoms with E-state index >= 15 is 0 Å². The van der Waals surface area contributed by atoms with Crippen molar-refractivity contribution >= 4 is 34.0 Å². The molecule has 0 fully saturated rings. The Morgan fingerprint density at radius 1 is 1.15 bits per heavy atom. The van der Waals surface area contributed by atoms with Crippen molar-refractivity contribution in [3.05, 3.63) is 75.1 Å². The highest BCUT2D eigenvalue weighted by Crippen LogP contribution is 2.18. The van der Waals surface area contributed by atoms with Crippen LogP contribution < -0.4 is 16.2 Å². The summed E-state index contributed by atoms with van der Waals surface area (Å²) in [5.41, 5.74) is 1.80. The van der Waals surface area contributed by atoms with Gasteiger partial charge in [0.05, 0.1) is 12.1 Å². The Bertz CT molecular complexity index is 1010. The Labute approximate surface area is 153 Å². The van der Waals surface area contributed by atoms with Crippen LogP contribution in [0.3, 0.4) is 0 Å². The van der Waals surface area contributed by atoms with Gasteiger partial charge in [-0.1, -0.05) is 18.2 Å². The molecule has 2 heterocycles. The van der Waals surface area contributed by atoms with Crippen molar-refractivity contribution in [2.24, 2.45) is 0 Å². The second kappa shape index (κ2) is 7.75. The van der Waals surface area contributed by atoms with Crippen LogP contribution in [0.4, 0.5) is 10.8 Å². The first kappa shape index (κ1) is 17.6. The Hall–Kier alpha value is -3.26. The minimum Gasteiger partial charge on any atom is -0.328 e. The molecule has 2 aromatic heterocycles. The molecule has 0 aliphatic heterocycles. The van der Waals surface area contributed by atoms with Crippen LogP contribution in [0.1, 0.15) is 21.6 Å². The molecular formula is C18H16N4O3S. The summed E-state index contributed by atoms with van der Waals surface area (Å²) in [6.07, 6.45) is 1.54. The van der Waals surface area contributed by atoms with Gasteiger partial charge in [0.15, 0.2) is 5.13 Å². The van der Waals surface area contributed by atoms with Gasteiger partial charge >= 0.3 is 0 Å². The minimum atomic E-state index is -0.544. The van der Waals surface area contributed by atoms with E-state index in [0.29, 0.717) is 10.8 Å². The molecule has 7 nitrogen and oxygen atoms in total. The van der Waals surface area contributed by atoms with Crippen LogP contribution >= 0.6 is 11.3 Å². The van der Waals surface area contributed by atoms with Gasteiger partial charge in [0, 0.05) is 17.3 Å². The lowest BCUT2D eigenvalue weighted by atomic mass is 10.2. The molecule has 0 radical (unpaired) electrons. The lowest BCUT2D eigenvalue weighted by Crippen LogP contribution is -2.22. The highest BCUT2D eigenvalue weighted by Gasteiger charge is 2.13. The van der Waals surface area contributed by atoms with E-state index in [-0.39, 0.29) is 17.9 Å². The summed E-state index contributed by atoms with van der Waals surface area (Å²) in [6.45, 7) is 1.91. The molecule has 3 rings (SSSR count). The van der Waals surface area contributed by atoms with Crippen LogP contribution in [-0.2, 0) is 11.2 Å². The van der Waals surface area contributed by atoms with Crippen molar-refractivity contribution < 1.29 is 9.59 Å². The van der Waals surface area contributed by atoms with Crippen molar-refractivity contribution in [2.45, 2.75) is 13.3 Å². The summed E-state index contributed by atoms with van der Waals surface area (Å²) in [5, 5.41) is 7.43. The number of rotatable bonds is 5. The normalized spacial score (nSPS) is 10.3. The topological polar surface area (TPSA) is 104 Å². The number of nitrogens with one attached hydrogen (secondary N) is 3. The zero-order valence-electron chi connectivity index (χ0n) is 13.9. The first-order chi connectivity index (χ1) is 12.5. The third kappa shape index (κ3) is 4.22. The lowest BCUT2D eigenvalue weighted by molar-refractivity contribution is -0.115. The molecule has 0 saturated heterocycles. The number of H-pyrrole nitrogens is 1. The van der Waals surface area contributed by atoms with Gasteiger partial charge < -0.3 is 10.3 Å². The Balaban J connectivity index is 1.62. The molecule has 0 unspecified atom stereocenters. The maximum atomic E-state index is 12.2. The first-order valence-corrected chi connectivity index (χ1v) is 8.70. The van der Waals surface area contributed by atoms with Crippen LogP contribution in [0.15, 0.2) is 52.8 Å². The standard InChI is InChI=1S/C18H16N4O3S/c1-11-5-2-3-7-14(11)21-15(23)9-12-10-26-18(20-12)22-17(25)13-6-4-8-19-16(13)24/h2-8,10H,9H2,1H3,(H,19,24)(H,21,23)(H,20,22,25).